The van der Waals surface area contributed by atoms with Gasteiger partial charge in [0.15, 0.2) is 5.70 Å². The molecule has 154 valence electrons. The summed E-state index contributed by atoms with van der Waals surface area (Å²) in [5.74, 6) is 0.316. The smallest absolute Gasteiger partial charge is 0.363 e. The highest BCUT2D eigenvalue weighted by atomic mass is 127. The van der Waals surface area contributed by atoms with Crippen molar-refractivity contribution >= 4 is 46.2 Å². The highest BCUT2D eigenvalue weighted by Gasteiger charge is 2.24. The highest BCUT2D eigenvalue weighted by Crippen LogP contribution is 2.23. The van der Waals surface area contributed by atoms with Crippen molar-refractivity contribution in [2.45, 2.75) is 6.61 Å². The summed E-state index contributed by atoms with van der Waals surface area (Å²) >= 11 is 2.20. The van der Waals surface area contributed by atoms with Crippen molar-refractivity contribution in [1.29, 1.82) is 0 Å². The van der Waals surface area contributed by atoms with Gasteiger partial charge in [0.1, 0.15) is 12.4 Å². The van der Waals surface area contributed by atoms with Gasteiger partial charge in [0.2, 0.25) is 5.90 Å². The lowest BCUT2D eigenvalue weighted by Gasteiger charge is -2.07. The van der Waals surface area contributed by atoms with Crippen molar-refractivity contribution in [3.63, 3.8) is 0 Å². The number of non-ortho nitro benzene ring substituents is 1. The minimum Gasteiger partial charge on any atom is -0.489 e. The Balaban J connectivity index is 1.49. The summed E-state index contributed by atoms with van der Waals surface area (Å²) in [4.78, 5) is 27.0. The van der Waals surface area contributed by atoms with Gasteiger partial charge < -0.3 is 9.47 Å². The second-order valence-electron chi connectivity index (χ2n) is 6.63. The Kier molecular flexibility index (Phi) is 6.08. The third kappa shape index (κ3) is 5.15. The standard InChI is InChI=1S/C23H15IN2O5/c24-18-9-7-17(8-10-18)22-25-21(23(27)31-22)13-15-3-2-6-20(12-15)30-14-16-4-1-5-19(11-16)26(28)29/h1-13H,14H2/b21-13-. The molecule has 0 N–H and O–H groups in total. The predicted octanol–water partition coefficient (Wildman–Crippen LogP) is 5.12. The van der Waals surface area contributed by atoms with Gasteiger partial charge >= 0.3 is 5.97 Å². The van der Waals surface area contributed by atoms with E-state index < -0.39 is 10.9 Å². The minimum absolute atomic E-state index is 0.0149. The van der Waals surface area contributed by atoms with Crippen LogP contribution in [0.1, 0.15) is 16.7 Å². The number of halogens is 1. The number of hydrogen-bond acceptors (Lipinski definition) is 6. The second kappa shape index (κ2) is 9.09. The Bertz CT molecular complexity index is 1220. The molecule has 1 heterocycles. The molecule has 0 saturated carbocycles. The van der Waals surface area contributed by atoms with Crippen LogP contribution < -0.4 is 4.74 Å². The van der Waals surface area contributed by atoms with Crippen molar-refractivity contribution in [3.05, 3.63) is 109 Å². The maximum Gasteiger partial charge on any atom is 0.363 e. The van der Waals surface area contributed by atoms with Crippen LogP contribution in [0.5, 0.6) is 5.75 Å². The topological polar surface area (TPSA) is 91.0 Å². The lowest BCUT2D eigenvalue weighted by Crippen LogP contribution is -2.05. The van der Waals surface area contributed by atoms with Crippen molar-refractivity contribution < 1.29 is 19.2 Å². The molecule has 0 amide bonds. The number of cyclic esters (lactones) is 1. The monoisotopic (exact) mass is 526 g/mol. The summed E-state index contributed by atoms with van der Waals surface area (Å²) in [6.45, 7) is 0.179. The van der Waals surface area contributed by atoms with Gasteiger partial charge in [0, 0.05) is 21.3 Å². The Morgan fingerprint density at radius 1 is 1.06 bits per heavy atom. The molecule has 0 spiro atoms. The number of benzene rings is 3. The van der Waals surface area contributed by atoms with E-state index in [4.69, 9.17) is 9.47 Å². The Hall–Kier alpha value is -3.53. The van der Waals surface area contributed by atoms with Crippen LogP contribution >= 0.6 is 22.6 Å². The number of ether oxygens (including phenoxy) is 2. The number of carbonyl (C=O) groups is 1. The quantitative estimate of drug-likeness (QED) is 0.146. The number of carbonyl (C=O) groups excluding carboxylic acids is 1. The van der Waals surface area contributed by atoms with E-state index in [1.54, 1.807) is 36.4 Å². The van der Waals surface area contributed by atoms with E-state index in [1.807, 2.05) is 30.3 Å². The van der Waals surface area contributed by atoms with Gasteiger partial charge in [-0.2, -0.15) is 0 Å². The predicted molar refractivity (Wildman–Crippen MR) is 124 cm³/mol. The molecule has 1 aliphatic rings. The molecular formula is C23H15IN2O5. The zero-order valence-electron chi connectivity index (χ0n) is 16.0. The molecule has 0 aromatic heterocycles. The SMILES string of the molecule is O=C1OC(c2ccc(I)cc2)=N/C1=C\c1cccc(OCc2cccc([N+](=O)[O-])c2)c1. The molecular weight excluding hydrogens is 511 g/mol. The number of rotatable bonds is 6. The van der Waals surface area contributed by atoms with E-state index in [1.165, 1.54) is 12.1 Å². The molecule has 1 aliphatic heterocycles. The molecule has 0 atom stereocenters. The van der Waals surface area contributed by atoms with Crippen LogP contribution in [-0.2, 0) is 16.1 Å². The minimum atomic E-state index is -0.517. The Morgan fingerprint density at radius 2 is 1.84 bits per heavy atom. The highest BCUT2D eigenvalue weighted by molar-refractivity contribution is 14.1. The number of nitrogens with zero attached hydrogens (tertiary/aromatic N) is 2. The summed E-state index contributed by atoms with van der Waals surface area (Å²) < 4.78 is 12.1. The van der Waals surface area contributed by atoms with E-state index in [0.717, 1.165) is 14.7 Å². The summed E-state index contributed by atoms with van der Waals surface area (Å²) in [5.41, 5.74) is 2.34. The van der Waals surface area contributed by atoms with Gasteiger partial charge in [0.25, 0.3) is 5.69 Å². The lowest BCUT2D eigenvalue weighted by molar-refractivity contribution is -0.384. The fourth-order valence-corrected chi connectivity index (χ4v) is 3.26. The fourth-order valence-electron chi connectivity index (χ4n) is 2.90. The first-order chi connectivity index (χ1) is 15.0. The van der Waals surface area contributed by atoms with Crippen LogP contribution in [0.3, 0.4) is 0 Å². The number of nitro benzene ring substituents is 1. The number of aliphatic imine (C=N–C) groups is 1. The maximum absolute atomic E-state index is 12.2. The summed E-state index contributed by atoms with van der Waals surface area (Å²) in [7, 11) is 0. The molecule has 3 aromatic carbocycles. The molecule has 31 heavy (non-hydrogen) atoms. The number of nitro groups is 1. The van der Waals surface area contributed by atoms with Crippen LogP contribution in [0.15, 0.2) is 83.5 Å². The number of hydrogen-bond donors (Lipinski definition) is 0. The first kappa shape index (κ1) is 20.7. The normalized spacial score (nSPS) is 14.3. The zero-order chi connectivity index (χ0) is 21.8. The van der Waals surface area contributed by atoms with Crippen LogP contribution in [0, 0.1) is 13.7 Å². The molecule has 0 aliphatic carbocycles. The van der Waals surface area contributed by atoms with Crippen LogP contribution in [0.2, 0.25) is 0 Å². The average Bonchev–Trinajstić information content (AvgIpc) is 3.13. The van der Waals surface area contributed by atoms with E-state index in [2.05, 4.69) is 27.6 Å². The maximum atomic E-state index is 12.2. The van der Waals surface area contributed by atoms with Crippen LogP contribution in [0.25, 0.3) is 6.08 Å². The molecule has 4 rings (SSSR count). The average molecular weight is 526 g/mol. The first-order valence-corrected chi connectivity index (χ1v) is 10.3. The summed E-state index contributed by atoms with van der Waals surface area (Å²) in [5, 5.41) is 10.9. The summed E-state index contributed by atoms with van der Waals surface area (Å²) in [6.07, 6.45) is 1.63. The van der Waals surface area contributed by atoms with Gasteiger partial charge in [-0.15, -0.1) is 0 Å². The zero-order valence-corrected chi connectivity index (χ0v) is 18.2. The lowest BCUT2D eigenvalue weighted by atomic mass is 10.2. The molecule has 0 saturated heterocycles. The number of esters is 1. The molecule has 0 fully saturated rings. The van der Waals surface area contributed by atoms with Gasteiger partial charge in [-0.25, -0.2) is 9.79 Å². The van der Waals surface area contributed by atoms with Crippen molar-refractivity contribution in [3.8, 4) is 5.75 Å². The van der Waals surface area contributed by atoms with Gasteiger partial charge in [-0.3, -0.25) is 10.1 Å². The van der Waals surface area contributed by atoms with E-state index in [0.29, 0.717) is 11.3 Å². The Morgan fingerprint density at radius 3 is 2.61 bits per heavy atom. The molecule has 0 unspecified atom stereocenters. The largest absolute Gasteiger partial charge is 0.489 e. The van der Waals surface area contributed by atoms with Gasteiger partial charge in [-0.1, -0.05) is 24.3 Å². The molecule has 8 heteroatoms. The van der Waals surface area contributed by atoms with Crippen molar-refractivity contribution in [1.82, 2.24) is 0 Å². The van der Waals surface area contributed by atoms with Crippen LogP contribution in [0.4, 0.5) is 5.69 Å². The third-order valence-corrected chi connectivity index (χ3v) is 5.12. The van der Waals surface area contributed by atoms with E-state index in [-0.39, 0.29) is 23.9 Å². The molecule has 0 radical (unpaired) electrons. The van der Waals surface area contributed by atoms with Gasteiger partial charge in [0.05, 0.1) is 4.92 Å². The van der Waals surface area contributed by atoms with Crippen molar-refractivity contribution in [2.24, 2.45) is 4.99 Å². The molecule has 7 nitrogen and oxygen atoms in total. The van der Waals surface area contributed by atoms with Gasteiger partial charge in [-0.05, 0) is 76.2 Å². The fraction of sp³-hybridized carbons (Fsp3) is 0.0435. The first-order valence-electron chi connectivity index (χ1n) is 9.23. The van der Waals surface area contributed by atoms with E-state index >= 15 is 0 Å². The van der Waals surface area contributed by atoms with Crippen molar-refractivity contribution in [2.75, 3.05) is 0 Å². The molecule has 3 aromatic rings. The van der Waals surface area contributed by atoms with Crippen LogP contribution in [-0.4, -0.2) is 16.8 Å². The third-order valence-electron chi connectivity index (χ3n) is 4.40. The molecule has 0 bridgehead atoms. The Labute approximate surface area is 191 Å². The second-order valence-corrected chi connectivity index (χ2v) is 7.88. The summed E-state index contributed by atoms with van der Waals surface area (Å²) in [6, 6.07) is 20.9. The van der Waals surface area contributed by atoms with E-state index in [9.17, 15) is 14.9 Å².